The van der Waals surface area contributed by atoms with Crippen LogP contribution in [0.15, 0.2) is 41.4 Å². The van der Waals surface area contributed by atoms with E-state index in [1.807, 2.05) is 0 Å². The van der Waals surface area contributed by atoms with Gasteiger partial charge >= 0.3 is 6.18 Å². The van der Waals surface area contributed by atoms with Gasteiger partial charge in [-0.1, -0.05) is 12.1 Å². The van der Waals surface area contributed by atoms with Gasteiger partial charge in [-0.05, 0) is 29.8 Å². The topological polar surface area (TPSA) is 73.6 Å². The smallest absolute Gasteiger partial charge is 0.416 e. The molecule has 9 heteroatoms. The highest BCUT2D eigenvalue weighted by Gasteiger charge is 2.30. The van der Waals surface area contributed by atoms with E-state index in [0.717, 1.165) is 24.3 Å². The normalized spacial score (nSPS) is 11.2. The van der Waals surface area contributed by atoms with E-state index in [2.05, 4.69) is 4.99 Å². The molecule has 0 saturated heterocycles. The number of alkyl halides is 3. The maximum Gasteiger partial charge on any atom is 0.416 e. The molecule has 0 bridgehead atoms. The van der Waals surface area contributed by atoms with Crippen molar-refractivity contribution in [2.45, 2.75) is 19.3 Å². The number of guanidine groups is 1. The highest BCUT2D eigenvalue weighted by atomic mass is 19.4. The Morgan fingerprint density at radius 3 is 2.44 bits per heavy atom. The van der Waals surface area contributed by atoms with Crippen molar-refractivity contribution in [2.24, 2.45) is 16.5 Å². The Hall–Kier alpha value is -2.84. The number of hydrogen-bond acceptors (Lipinski definition) is 2. The number of nitrogens with two attached hydrogens (primary N) is 2. The van der Waals surface area contributed by atoms with Gasteiger partial charge in [-0.15, -0.1) is 0 Å². The van der Waals surface area contributed by atoms with Crippen LogP contribution in [0.3, 0.4) is 0 Å². The number of halogens is 5. The average molecular weight is 359 g/mol. The molecule has 2 aromatic rings. The molecule has 0 atom stereocenters. The quantitative estimate of drug-likeness (QED) is 0.489. The fourth-order valence-electron chi connectivity index (χ4n) is 2.00. The fourth-order valence-corrected chi connectivity index (χ4v) is 2.00. The molecule has 0 amide bonds. The van der Waals surface area contributed by atoms with Crippen LogP contribution in [0.1, 0.15) is 16.7 Å². The van der Waals surface area contributed by atoms with Gasteiger partial charge in [0.1, 0.15) is 12.4 Å². The molecule has 0 aromatic heterocycles. The van der Waals surface area contributed by atoms with E-state index in [9.17, 15) is 22.0 Å². The second-order valence-corrected chi connectivity index (χ2v) is 5.07. The number of nitrogens with zero attached hydrogens (tertiary/aromatic N) is 1. The molecule has 0 aliphatic rings. The van der Waals surface area contributed by atoms with Crippen LogP contribution >= 0.6 is 0 Å². The van der Waals surface area contributed by atoms with Gasteiger partial charge in [0, 0.05) is 5.56 Å². The van der Waals surface area contributed by atoms with Crippen LogP contribution in [0.25, 0.3) is 0 Å². The predicted molar refractivity (Wildman–Crippen MR) is 81.6 cm³/mol. The summed E-state index contributed by atoms with van der Waals surface area (Å²) in [5.41, 5.74) is 9.18. The number of ether oxygens (including phenoxy) is 1. The molecule has 0 saturated carbocycles. The van der Waals surface area contributed by atoms with Crippen molar-refractivity contribution in [3.05, 3.63) is 64.7 Å². The van der Waals surface area contributed by atoms with E-state index in [4.69, 9.17) is 16.2 Å². The van der Waals surface area contributed by atoms with Crippen LogP contribution in [0, 0.1) is 11.6 Å². The zero-order valence-corrected chi connectivity index (χ0v) is 12.8. The van der Waals surface area contributed by atoms with Crippen LogP contribution < -0.4 is 16.2 Å². The molecule has 4 nitrogen and oxygen atoms in total. The monoisotopic (exact) mass is 359 g/mol. The first-order valence-corrected chi connectivity index (χ1v) is 6.99. The number of hydrogen-bond donors (Lipinski definition) is 2. The molecule has 4 N–H and O–H groups in total. The van der Waals surface area contributed by atoms with Gasteiger partial charge in [0.2, 0.25) is 0 Å². The predicted octanol–water partition coefficient (Wildman–Crippen LogP) is 3.34. The molecule has 0 aliphatic carbocycles. The van der Waals surface area contributed by atoms with Gasteiger partial charge in [0.05, 0.1) is 12.1 Å². The summed E-state index contributed by atoms with van der Waals surface area (Å²) in [6.07, 6.45) is -4.50. The fraction of sp³-hybridized carbons (Fsp3) is 0.188. The Balaban J connectivity index is 2.19. The molecule has 134 valence electrons. The van der Waals surface area contributed by atoms with Gasteiger partial charge < -0.3 is 16.2 Å². The van der Waals surface area contributed by atoms with Crippen molar-refractivity contribution in [1.29, 1.82) is 0 Å². The maximum absolute atomic E-state index is 14.3. The summed E-state index contributed by atoms with van der Waals surface area (Å²) in [6.45, 7) is -0.755. The van der Waals surface area contributed by atoms with E-state index in [1.165, 1.54) is 12.1 Å². The van der Waals surface area contributed by atoms with E-state index in [0.29, 0.717) is 0 Å². The van der Waals surface area contributed by atoms with Gasteiger partial charge in [-0.2, -0.15) is 13.2 Å². The second kappa shape index (κ2) is 7.37. The van der Waals surface area contributed by atoms with E-state index in [-0.39, 0.29) is 23.9 Å². The summed E-state index contributed by atoms with van der Waals surface area (Å²) < 4.78 is 71.1. The molecule has 0 aliphatic heterocycles. The first-order chi connectivity index (χ1) is 11.7. The third-order valence-electron chi connectivity index (χ3n) is 3.22. The Morgan fingerprint density at radius 1 is 1.08 bits per heavy atom. The van der Waals surface area contributed by atoms with Crippen molar-refractivity contribution in [2.75, 3.05) is 0 Å². The van der Waals surface area contributed by atoms with E-state index >= 15 is 0 Å². The molecule has 0 radical (unpaired) electrons. The lowest BCUT2D eigenvalue weighted by atomic mass is 10.1. The molecule has 0 spiro atoms. The molecular weight excluding hydrogens is 345 g/mol. The van der Waals surface area contributed by atoms with Crippen molar-refractivity contribution in [3.63, 3.8) is 0 Å². The van der Waals surface area contributed by atoms with Gasteiger partial charge in [-0.25, -0.2) is 13.8 Å². The minimum Gasteiger partial charge on any atom is -0.486 e. The highest BCUT2D eigenvalue weighted by Crippen LogP contribution is 2.30. The molecular formula is C16H14F5N3O. The van der Waals surface area contributed by atoms with Crippen molar-refractivity contribution in [1.82, 2.24) is 0 Å². The maximum atomic E-state index is 14.3. The summed E-state index contributed by atoms with van der Waals surface area (Å²) in [7, 11) is 0. The zero-order chi connectivity index (χ0) is 18.6. The highest BCUT2D eigenvalue weighted by molar-refractivity contribution is 5.75. The lowest BCUT2D eigenvalue weighted by molar-refractivity contribution is -0.137. The first kappa shape index (κ1) is 18.5. The Morgan fingerprint density at radius 2 is 1.80 bits per heavy atom. The lowest BCUT2D eigenvalue weighted by Crippen LogP contribution is -2.22. The summed E-state index contributed by atoms with van der Waals surface area (Å²) >= 11 is 0. The van der Waals surface area contributed by atoms with E-state index in [1.54, 1.807) is 0 Å². The number of benzene rings is 2. The third-order valence-corrected chi connectivity index (χ3v) is 3.22. The van der Waals surface area contributed by atoms with Gasteiger partial charge in [-0.3, -0.25) is 0 Å². The van der Waals surface area contributed by atoms with Crippen LogP contribution in [0.4, 0.5) is 22.0 Å². The lowest BCUT2D eigenvalue weighted by Gasteiger charge is -2.12. The largest absolute Gasteiger partial charge is 0.486 e. The molecule has 25 heavy (non-hydrogen) atoms. The average Bonchev–Trinajstić information content (AvgIpc) is 2.53. The molecule has 0 unspecified atom stereocenters. The van der Waals surface area contributed by atoms with Crippen LogP contribution in [-0.2, 0) is 19.3 Å². The molecule has 0 fully saturated rings. The standard InChI is InChI=1S/C16H14F5N3O/c17-12-4-5-13(14(18)11(12)7-24-15(22)23)25-8-9-2-1-3-10(6-9)16(19,20)21/h1-6H,7-8H2,(H4,22,23,24). The molecule has 2 aromatic carbocycles. The number of aliphatic imine (C=N–C) groups is 1. The Labute approximate surface area is 139 Å². The summed E-state index contributed by atoms with van der Waals surface area (Å²) in [5.74, 6) is -2.54. The minimum atomic E-state index is -4.50. The van der Waals surface area contributed by atoms with Crippen molar-refractivity contribution >= 4 is 5.96 Å². The summed E-state index contributed by atoms with van der Waals surface area (Å²) in [5, 5.41) is 0. The molecule has 2 rings (SSSR count). The van der Waals surface area contributed by atoms with Crippen LogP contribution in [0.2, 0.25) is 0 Å². The Kier molecular flexibility index (Phi) is 5.45. The van der Waals surface area contributed by atoms with E-state index < -0.39 is 35.5 Å². The van der Waals surface area contributed by atoms with Crippen LogP contribution in [0.5, 0.6) is 5.75 Å². The first-order valence-electron chi connectivity index (χ1n) is 6.99. The van der Waals surface area contributed by atoms with Gasteiger partial charge in [0.15, 0.2) is 17.5 Å². The number of rotatable bonds is 5. The molecule has 0 heterocycles. The second-order valence-electron chi connectivity index (χ2n) is 5.07. The van der Waals surface area contributed by atoms with Crippen molar-refractivity contribution < 1.29 is 26.7 Å². The SMILES string of the molecule is NC(N)=NCc1c(F)ccc(OCc2cccc(C(F)(F)F)c2)c1F. The third kappa shape index (κ3) is 4.82. The minimum absolute atomic E-state index is 0.185. The zero-order valence-electron chi connectivity index (χ0n) is 12.8. The summed E-state index contributed by atoms with van der Waals surface area (Å²) in [4.78, 5) is 3.53. The van der Waals surface area contributed by atoms with Crippen molar-refractivity contribution in [3.8, 4) is 5.75 Å². The van der Waals surface area contributed by atoms with Gasteiger partial charge in [0.25, 0.3) is 0 Å². The Bertz CT molecular complexity index is 786. The van der Waals surface area contributed by atoms with Crippen LogP contribution in [-0.4, -0.2) is 5.96 Å². The summed E-state index contributed by atoms with van der Waals surface area (Å²) in [6, 6.07) is 6.42.